The van der Waals surface area contributed by atoms with E-state index in [4.69, 9.17) is 0 Å². The van der Waals surface area contributed by atoms with Gasteiger partial charge >= 0.3 is 5.91 Å². The number of benzene rings is 2. The second-order valence-electron chi connectivity index (χ2n) is 5.38. The summed E-state index contributed by atoms with van der Waals surface area (Å²) in [5.41, 5.74) is 1.21. The van der Waals surface area contributed by atoms with Gasteiger partial charge in [0.25, 0.3) is 11.5 Å². The molecular formula is C16H13N3O5. The molecule has 0 spiro atoms. The summed E-state index contributed by atoms with van der Waals surface area (Å²) < 4.78 is 0. The molecule has 0 radical (unpaired) electrons. The first-order valence-electron chi connectivity index (χ1n) is 7.00. The highest BCUT2D eigenvalue weighted by molar-refractivity contribution is 6.26. The van der Waals surface area contributed by atoms with Crippen molar-refractivity contribution in [1.29, 1.82) is 0 Å². The van der Waals surface area contributed by atoms with Gasteiger partial charge in [-0.15, -0.1) is 0 Å². The summed E-state index contributed by atoms with van der Waals surface area (Å²) in [6.07, 6.45) is 0. The van der Waals surface area contributed by atoms with Crippen molar-refractivity contribution in [2.45, 2.75) is 12.7 Å². The minimum atomic E-state index is -2.77. The largest absolute Gasteiger partial charge is 0.353 e. The van der Waals surface area contributed by atoms with Crippen LogP contribution in [-0.2, 0) is 4.79 Å². The average molecular weight is 327 g/mol. The van der Waals surface area contributed by atoms with Crippen molar-refractivity contribution in [3.8, 4) is 0 Å². The second kappa shape index (κ2) is 5.52. The number of hydrazone groups is 1. The van der Waals surface area contributed by atoms with E-state index in [0.29, 0.717) is 5.56 Å². The Kier molecular flexibility index (Phi) is 3.63. The number of carbonyl (C=O) groups excluding carboxylic acids is 1. The molecule has 8 heteroatoms. The lowest BCUT2D eigenvalue weighted by Gasteiger charge is -2.17. The predicted octanol–water partition coefficient (Wildman–Crippen LogP) is 1.34. The van der Waals surface area contributed by atoms with Crippen LogP contribution in [0.5, 0.6) is 0 Å². The molecule has 1 heterocycles. The Morgan fingerprint density at radius 1 is 1.08 bits per heavy atom. The van der Waals surface area contributed by atoms with Gasteiger partial charge in [0.2, 0.25) is 0 Å². The molecule has 0 saturated heterocycles. The van der Waals surface area contributed by atoms with Crippen molar-refractivity contribution in [1.82, 2.24) is 0 Å². The van der Waals surface area contributed by atoms with E-state index < -0.39 is 16.6 Å². The highest BCUT2D eigenvalue weighted by atomic mass is 16.6. The summed E-state index contributed by atoms with van der Waals surface area (Å²) in [6.45, 7) is 1.87. The first-order valence-corrected chi connectivity index (χ1v) is 7.00. The number of nitro benzene ring substituents is 1. The number of carbonyl (C=O) groups is 1. The predicted molar refractivity (Wildman–Crippen MR) is 85.5 cm³/mol. The molecule has 1 aliphatic rings. The topological polar surface area (TPSA) is 116 Å². The van der Waals surface area contributed by atoms with Crippen LogP contribution in [0.3, 0.4) is 0 Å². The van der Waals surface area contributed by atoms with Gasteiger partial charge in [0.1, 0.15) is 5.71 Å². The molecule has 0 aromatic heterocycles. The van der Waals surface area contributed by atoms with Crippen LogP contribution in [0.1, 0.15) is 11.1 Å². The van der Waals surface area contributed by atoms with Gasteiger partial charge in [0.15, 0.2) is 0 Å². The van der Waals surface area contributed by atoms with E-state index in [1.54, 1.807) is 24.3 Å². The molecule has 8 nitrogen and oxygen atoms in total. The van der Waals surface area contributed by atoms with E-state index in [1.807, 2.05) is 6.92 Å². The van der Waals surface area contributed by atoms with Crippen LogP contribution in [0, 0.1) is 17.0 Å². The zero-order valence-electron chi connectivity index (χ0n) is 12.6. The summed E-state index contributed by atoms with van der Waals surface area (Å²) in [5.74, 6) is -3.82. The van der Waals surface area contributed by atoms with Gasteiger partial charge in [-0.2, -0.15) is 10.1 Å². The monoisotopic (exact) mass is 327 g/mol. The number of rotatable bonds is 3. The molecule has 2 N–H and O–H groups in total. The van der Waals surface area contributed by atoms with E-state index in [0.717, 1.165) is 10.6 Å². The Bertz CT molecular complexity index is 841. The number of non-ortho nitro benzene ring substituents is 1. The molecular weight excluding hydrogens is 314 g/mol. The normalized spacial score (nSPS) is 16.2. The minimum Gasteiger partial charge on any atom is -0.353 e. The fraction of sp³-hybridized carbons (Fsp3) is 0.125. The molecule has 0 saturated carbocycles. The summed E-state index contributed by atoms with van der Waals surface area (Å²) in [6, 6.07) is 11.8. The van der Waals surface area contributed by atoms with E-state index in [-0.39, 0.29) is 17.1 Å². The summed E-state index contributed by atoms with van der Waals surface area (Å²) in [4.78, 5) is 22.4. The Labute approximate surface area is 136 Å². The van der Waals surface area contributed by atoms with Gasteiger partial charge in [0, 0.05) is 17.7 Å². The van der Waals surface area contributed by atoms with Crippen molar-refractivity contribution in [2.75, 3.05) is 5.01 Å². The van der Waals surface area contributed by atoms with Crippen molar-refractivity contribution in [3.05, 3.63) is 69.8 Å². The molecule has 1 aliphatic heterocycles. The Morgan fingerprint density at radius 3 is 2.21 bits per heavy atom. The van der Waals surface area contributed by atoms with Crippen molar-refractivity contribution >= 4 is 23.0 Å². The van der Waals surface area contributed by atoms with Gasteiger partial charge in [-0.25, -0.2) is 0 Å². The van der Waals surface area contributed by atoms with Crippen LogP contribution in [0.15, 0.2) is 53.6 Å². The molecule has 2 aromatic rings. The fourth-order valence-electron chi connectivity index (χ4n) is 2.33. The van der Waals surface area contributed by atoms with E-state index in [1.165, 1.54) is 24.3 Å². The van der Waals surface area contributed by atoms with Crippen molar-refractivity contribution in [2.24, 2.45) is 5.10 Å². The number of anilines is 1. The van der Waals surface area contributed by atoms with Gasteiger partial charge in [-0.3, -0.25) is 14.9 Å². The molecule has 24 heavy (non-hydrogen) atoms. The van der Waals surface area contributed by atoms with Crippen LogP contribution < -0.4 is 5.01 Å². The third kappa shape index (κ3) is 2.53. The first kappa shape index (κ1) is 15.8. The molecule has 0 bridgehead atoms. The SMILES string of the molecule is Cc1ccc(C2=NN(c3ccc([N+](=O)[O-])cc3)C(=O)C2(O)O)cc1. The van der Waals surface area contributed by atoms with Crippen LogP contribution in [0.2, 0.25) is 0 Å². The van der Waals surface area contributed by atoms with Gasteiger partial charge in [-0.05, 0) is 19.1 Å². The summed E-state index contributed by atoms with van der Waals surface area (Å²) in [5, 5.41) is 35.8. The van der Waals surface area contributed by atoms with Crippen LogP contribution in [-0.4, -0.2) is 32.5 Å². The van der Waals surface area contributed by atoms with Crippen LogP contribution in [0.25, 0.3) is 0 Å². The van der Waals surface area contributed by atoms with E-state index >= 15 is 0 Å². The Morgan fingerprint density at radius 2 is 1.67 bits per heavy atom. The number of aryl methyl sites for hydroxylation is 1. The standard InChI is InChI=1S/C16H13N3O5/c1-10-2-4-11(5-3-10)14-16(21,22)15(20)18(17-14)12-6-8-13(9-7-12)19(23)24/h2-9,21-22H,1H3. The average Bonchev–Trinajstić information content (AvgIpc) is 2.79. The van der Waals surface area contributed by atoms with Gasteiger partial charge < -0.3 is 10.2 Å². The van der Waals surface area contributed by atoms with Gasteiger partial charge in [-0.1, -0.05) is 29.8 Å². The molecule has 0 unspecified atom stereocenters. The zero-order chi connectivity index (χ0) is 17.5. The number of nitrogens with zero attached hydrogens (tertiary/aromatic N) is 3. The number of aliphatic hydroxyl groups is 2. The summed E-state index contributed by atoms with van der Waals surface area (Å²) >= 11 is 0. The number of amides is 1. The Hall–Kier alpha value is -3.10. The zero-order valence-corrected chi connectivity index (χ0v) is 12.6. The van der Waals surface area contributed by atoms with E-state index in [9.17, 15) is 25.1 Å². The first-order chi connectivity index (χ1) is 11.3. The van der Waals surface area contributed by atoms with Crippen LogP contribution >= 0.6 is 0 Å². The lowest BCUT2D eigenvalue weighted by atomic mass is 10.0. The van der Waals surface area contributed by atoms with Crippen molar-refractivity contribution in [3.63, 3.8) is 0 Å². The maximum Gasteiger partial charge on any atom is 0.314 e. The highest BCUT2D eigenvalue weighted by Gasteiger charge is 2.49. The van der Waals surface area contributed by atoms with Crippen molar-refractivity contribution < 1.29 is 19.9 Å². The Balaban J connectivity index is 2.01. The van der Waals surface area contributed by atoms with Gasteiger partial charge in [0.05, 0.1) is 10.6 Å². The lowest BCUT2D eigenvalue weighted by molar-refractivity contribution is -0.384. The molecule has 1 amide bonds. The third-order valence-electron chi connectivity index (χ3n) is 3.65. The third-order valence-corrected chi connectivity index (χ3v) is 3.65. The smallest absolute Gasteiger partial charge is 0.314 e. The molecule has 2 aromatic carbocycles. The number of hydrogen-bond acceptors (Lipinski definition) is 6. The maximum atomic E-state index is 12.3. The highest BCUT2D eigenvalue weighted by Crippen LogP contribution is 2.29. The number of nitro groups is 1. The molecule has 0 aliphatic carbocycles. The fourth-order valence-corrected chi connectivity index (χ4v) is 2.33. The molecule has 0 atom stereocenters. The molecule has 122 valence electrons. The maximum absolute atomic E-state index is 12.3. The van der Waals surface area contributed by atoms with E-state index in [2.05, 4.69) is 5.10 Å². The second-order valence-corrected chi connectivity index (χ2v) is 5.38. The minimum absolute atomic E-state index is 0.146. The molecule has 0 fully saturated rings. The lowest BCUT2D eigenvalue weighted by Crippen LogP contribution is -2.46. The quantitative estimate of drug-likeness (QED) is 0.501. The van der Waals surface area contributed by atoms with Crippen LogP contribution in [0.4, 0.5) is 11.4 Å². The summed E-state index contributed by atoms with van der Waals surface area (Å²) in [7, 11) is 0. The number of hydrogen-bond donors (Lipinski definition) is 2. The molecule has 3 rings (SSSR count).